The van der Waals surface area contributed by atoms with Gasteiger partial charge in [0.25, 0.3) is 0 Å². The minimum atomic E-state index is -0.489. The molecule has 0 aromatic heterocycles. The molecule has 2 fully saturated rings. The van der Waals surface area contributed by atoms with Crippen molar-refractivity contribution >= 4 is 5.97 Å². The standard InChI is InChI=1S/C11H18O4/c1-3-13-10(12)9-7-11(6-8(9)2)14-4-5-15-11/h8-9H,3-7H2,1-2H3. The number of rotatable bonds is 2. The van der Waals surface area contributed by atoms with Gasteiger partial charge in [-0.15, -0.1) is 0 Å². The van der Waals surface area contributed by atoms with Crippen LogP contribution in [-0.2, 0) is 19.0 Å². The summed E-state index contributed by atoms with van der Waals surface area (Å²) >= 11 is 0. The van der Waals surface area contributed by atoms with E-state index in [1.54, 1.807) is 0 Å². The Morgan fingerprint density at radius 2 is 2.07 bits per heavy atom. The van der Waals surface area contributed by atoms with Crippen LogP contribution in [0, 0.1) is 11.8 Å². The second-order valence-electron chi connectivity index (χ2n) is 4.35. The van der Waals surface area contributed by atoms with E-state index < -0.39 is 5.79 Å². The Balaban J connectivity index is 2.00. The maximum absolute atomic E-state index is 11.7. The summed E-state index contributed by atoms with van der Waals surface area (Å²) in [5.41, 5.74) is 0. The molecular weight excluding hydrogens is 196 g/mol. The molecule has 86 valence electrons. The summed E-state index contributed by atoms with van der Waals surface area (Å²) in [6.45, 7) is 5.61. The van der Waals surface area contributed by atoms with Gasteiger partial charge in [-0.3, -0.25) is 4.79 Å². The van der Waals surface area contributed by atoms with Crippen LogP contribution in [0.15, 0.2) is 0 Å². The van der Waals surface area contributed by atoms with Gasteiger partial charge in [0.05, 0.1) is 25.7 Å². The van der Waals surface area contributed by atoms with E-state index in [2.05, 4.69) is 6.92 Å². The Labute approximate surface area is 89.9 Å². The van der Waals surface area contributed by atoms with Crippen molar-refractivity contribution in [3.63, 3.8) is 0 Å². The van der Waals surface area contributed by atoms with E-state index in [1.165, 1.54) is 0 Å². The van der Waals surface area contributed by atoms with Crippen molar-refractivity contribution in [2.24, 2.45) is 11.8 Å². The van der Waals surface area contributed by atoms with Crippen molar-refractivity contribution in [1.82, 2.24) is 0 Å². The maximum atomic E-state index is 11.7. The summed E-state index contributed by atoms with van der Waals surface area (Å²) in [7, 11) is 0. The number of hydrogen-bond donors (Lipinski definition) is 0. The molecule has 15 heavy (non-hydrogen) atoms. The SMILES string of the molecule is CCOC(=O)C1CC2(CC1C)OCCO2. The lowest BCUT2D eigenvalue weighted by Crippen LogP contribution is -2.27. The molecule has 1 spiro atoms. The molecule has 0 bridgehead atoms. The molecule has 0 radical (unpaired) electrons. The first-order valence-corrected chi connectivity index (χ1v) is 5.61. The van der Waals surface area contributed by atoms with Crippen LogP contribution >= 0.6 is 0 Å². The fourth-order valence-corrected chi connectivity index (χ4v) is 2.55. The zero-order valence-corrected chi connectivity index (χ0v) is 9.32. The van der Waals surface area contributed by atoms with Crippen LogP contribution in [-0.4, -0.2) is 31.6 Å². The second-order valence-corrected chi connectivity index (χ2v) is 4.35. The van der Waals surface area contributed by atoms with Crippen LogP contribution in [0.25, 0.3) is 0 Å². The van der Waals surface area contributed by atoms with Gasteiger partial charge in [-0.05, 0) is 12.8 Å². The quantitative estimate of drug-likeness (QED) is 0.651. The molecule has 1 aliphatic carbocycles. The number of ether oxygens (including phenoxy) is 3. The molecule has 2 atom stereocenters. The third-order valence-corrected chi connectivity index (χ3v) is 3.25. The Morgan fingerprint density at radius 3 is 2.67 bits per heavy atom. The lowest BCUT2D eigenvalue weighted by molar-refractivity contribution is -0.162. The molecule has 1 saturated carbocycles. The first-order chi connectivity index (χ1) is 7.17. The van der Waals surface area contributed by atoms with Crippen LogP contribution in [0.3, 0.4) is 0 Å². The fourth-order valence-electron chi connectivity index (χ4n) is 2.55. The van der Waals surface area contributed by atoms with Crippen molar-refractivity contribution in [3.05, 3.63) is 0 Å². The third kappa shape index (κ3) is 2.01. The van der Waals surface area contributed by atoms with Gasteiger partial charge in [-0.2, -0.15) is 0 Å². The minimum absolute atomic E-state index is 0.0666. The summed E-state index contributed by atoms with van der Waals surface area (Å²) in [4.78, 5) is 11.7. The normalized spacial score (nSPS) is 33.5. The fraction of sp³-hybridized carbons (Fsp3) is 0.909. The van der Waals surface area contributed by atoms with E-state index in [4.69, 9.17) is 14.2 Å². The van der Waals surface area contributed by atoms with E-state index in [0.29, 0.717) is 26.2 Å². The first kappa shape index (κ1) is 10.9. The van der Waals surface area contributed by atoms with Crippen LogP contribution in [0.2, 0.25) is 0 Å². The first-order valence-electron chi connectivity index (χ1n) is 5.61. The highest BCUT2D eigenvalue weighted by Crippen LogP contribution is 2.44. The molecular formula is C11H18O4. The summed E-state index contributed by atoms with van der Waals surface area (Å²) in [6.07, 6.45) is 1.45. The third-order valence-electron chi connectivity index (χ3n) is 3.25. The van der Waals surface area contributed by atoms with Gasteiger partial charge in [0.2, 0.25) is 0 Å². The lowest BCUT2D eigenvalue weighted by Gasteiger charge is -2.21. The second kappa shape index (κ2) is 4.10. The van der Waals surface area contributed by atoms with Gasteiger partial charge in [0.15, 0.2) is 5.79 Å². The molecule has 4 heteroatoms. The largest absolute Gasteiger partial charge is 0.466 e. The Kier molecular flexibility index (Phi) is 2.98. The lowest BCUT2D eigenvalue weighted by atomic mass is 9.99. The van der Waals surface area contributed by atoms with Crippen LogP contribution < -0.4 is 0 Å². The van der Waals surface area contributed by atoms with E-state index in [0.717, 1.165) is 6.42 Å². The summed E-state index contributed by atoms with van der Waals surface area (Å²) in [6, 6.07) is 0. The Morgan fingerprint density at radius 1 is 1.40 bits per heavy atom. The molecule has 2 rings (SSSR count). The molecule has 0 aromatic rings. The van der Waals surface area contributed by atoms with E-state index >= 15 is 0 Å². The molecule has 4 nitrogen and oxygen atoms in total. The molecule has 0 amide bonds. The van der Waals surface area contributed by atoms with Crippen LogP contribution in [0.5, 0.6) is 0 Å². The monoisotopic (exact) mass is 214 g/mol. The molecule has 1 aliphatic heterocycles. The minimum Gasteiger partial charge on any atom is -0.466 e. The van der Waals surface area contributed by atoms with Crippen molar-refractivity contribution < 1.29 is 19.0 Å². The van der Waals surface area contributed by atoms with Gasteiger partial charge in [-0.1, -0.05) is 6.92 Å². The summed E-state index contributed by atoms with van der Waals surface area (Å²) in [5, 5.41) is 0. The molecule has 1 heterocycles. The van der Waals surface area contributed by atoms with Gasteiger partial charge in [0.1, 0.15) is 0 Å². The molecule has 0 aromatic carbocycles. The van der Waals surface area contributed by atoms with Crippen LogP contribution in [0.4, 0.5) is 0 Å². The zero-order valence-electron chi connectivity index (χ0n) is 9.32. The topological polar surface area (TPSA) is 44.8 Å². The zero-order chi connectivity index (χ0) is 10.9. The predicted molar refractivity (Wildman–Crippen MR) is 53.2 cm³/mol. The smallest absolute Gasteiger partial charge is 0.309 e. The average Bonchev–Trinajstić information content (AvgIpc) is 2.75. The highest BCUT2D eigenvalue weighted by atomic mass is 16.7. The van der Waals surface area contributed by atoms with Crippen molar-refractivity contribution in [2.45, 2.75) is 32.5 Å². The molecule has 2 unspecified atom stereocenters. The molecule has 1 saturated heterocycles. The van der Waals surface area contributed by atoms with E-state index in [9.17, 15) is 4.79 Å². The van der Waals surface area contributed by atoms with Gasteiger partial charge >= 0.3 is 5.97 Å². The predicted octanol–water partition coefficient (Wildman–Crippen LogP) is 1.34. The van der Waals surface area contributed by atoms with Crippen molar-refractivity contribution in [2.75, 3.05) is 19.8 Å². The number of carbonyl (C=O) groups excluding carboxylic acids is 1. The number of carbonyl (C=O) groups is 1. The number of esters is 1. The van der Waals surface area contributed by atoms with Gasteiger partial charge in [0, 0.05) is 12.8 Å². The van der Waals surface area contributed by atoms with Gasteiger partial charge in [-0.25, -0.2) is 0 Å². The van der Waals surface area contributed by atoms with Gasteiger partial charge < -0.3 is 14.2 Å². The number of hydrogen-bond acceptors (Lipinski definition) is 4. The van der Waals surface area contributed by atoms with Crippen LogP contribution in [0.1, 0.15) is 26.7 Å². The highest BCUT2D eigenvalue weighted by molar-refractivity contribution is 5.73. The summed E-state index contributed by atoms with van der Waals surface area (Å²) in [5.74, 6) is -0.386. The van der Waals surface area contributed by atoms with Crippen molar-refractivity contribution in [1.29, 1.82) is 0 Å². The average molecular weight is 214 g/mol. The highest BCUT2D eigenvalue weighted by Gasteiger charge is 2.50. The Bertz CT molecular complexity index is 245. The maximum Gasteiger partial charge on any atom is 0.309 e. The summed E-state index contributed by atoms with van der Waals surface area (Å²) < 4.78 is 16.2. The Hall–Kier alpha value is -0.610. The molecule has 2 aliphatic rings. The molecule has 0 N–H and O–H groups in total. The van der Waals surface area contributed by atoms with Crippen molar-refractivity contribution in [3.8, 4) is 0 Å². The van der Waals surface area contributed by atoms with E-state index in [-0.39, 0.29) is 17.8 Å². The van der Waals surface area contributed by atoms with E-state index in [1.807, 2.05) is 6.92 Å².